The fourth-order valence-corrected chi connectivity index (χ4v) is 5.43. The Bertz CT molecular complexity index is 1340. The largest absolute Gasteiger partial charge is 0.443 e. The Hall–Kier alpha value is -3.32. The van der Waals surface area contributed by atoms with Gasteiger partial charge in [0.1, 0.15) is 5.60 Å². The quantitative estimate of drug-likeness (QED) is 0.438. The van der Waals surface area contributed by atoms with Crippen molar-refractivity contribution >= 4 is 28.6 Å². The van der Waals surface area contributed by atoms with Crippen LogP contribution in [0.4, 0.5) is 10.5 Å². The summed E-state index contributed by atoms with van der Waals surface area (Å²) in [6, 6.07) is 12.5. The molecule has 2 aromatic carbocycles. The van der Waals surface area contributed by atoms with E-state index in [0.29, 0.717) is 17.8 Å². The van der Waals surface area contributed by atoms with E-state index in [-0.39, 0.29) is 11.9 Å². The van der Waals surface area contributed by atoms with E-state index < -0.39 is 11.7 Å². The number of benzene rings is 2. The number of nitrogens with zero attached hydrogens (tertiary/aromatic N) is 2. The number of fused-ring (bicyclic) bond motifs is 2. The predicted octanol–water partition coefficient (Wildman–Crippen LogP) is 6.14. The Labute approximate surface area is 219 Å². The highest BCUT2D eigenvalue weighted by molar-refractivity contribution is 6.07. The van der Waals surface area contributed by atoms with Gasteiger partial charge in [0.25, 0.3) is 5.91 Å². The summed E-state index contributed by atoms with van der Waals surface area (Å²) in [6.07, 6.45) is 3.35. The van der Waals surface area contributed by atoms with Gasteiger partial charge in [-0.3, -0.25) is 9.69 Å². The summed E-state index contributed by atoms with van der Waals surface area (Å²) in [4.78, 5) is 29.0. The lowest BCUT2D eigenvalue weighted by Crippen LogP contribution is -2.29. The Morgan fingerprint density at radius 1 is 1.08 bits per heavy atom. The molecule has 1 fully saturated rings. The topological polar surface area (TPSA) is 75.6 Å². The summed E-state index contributed by atoms with van der Waals surface area (Å²) in [6.45, 7) is 13.4. The van der Waals surface area contributed by atoms with Crippen LogP contribution < -0.4 is 10.6 Å². The van der Waals surface area contributed by atoms with Crippen LogP contribution in [-0.4, -0.2) is 46.2 Å². The molecule has 0 atom stereocenters. The van der Waals surface area contributed by atoms with Gasteiger partial charge in [0.2, 0.25) is 0 Å². The molecule has 0 saturated carbocycles. The molecule has 37 heavy (non-hydrogen) atoms. The number of aromatic nitrogens is 1. The average molecular weight is 503 g/mol. The summed E-state index contributed by atoms with van der Waals surface area (Å²) in [5.74, 6) is -0.118. The Morgan fingerprint density at radius 3 is 2.54 bits per heavy atom. The van der Waals surface area contributed by atoms with E-state index in [2.05, 4.69) is 41.5 Å². The fraction of sp³-hybridized carbons (Fsp3) is 0.467. The molecule has 0 unspecified atom stereocenters. The van der Waals surface area contributed by atoms with Crippen LogP contribution in [0.15, 0.2) is 36.4 Å². The van der Waals surface area contributed by atoms with Gasteiger partial charge < -0.3 is 15.4 Å². The zero-order valence-electron chi connectivity index (χ0n) is 22.6. The average Bonchev–Trinajstić information content (AvgIpc) is 3.38. The predicted molar refractivity (Wildman–Crippen MR) is 148 cm³/mol. The number of amides is 1. The van der Waals surface area contributed by atoms with Crippen molar-refractivity contribution in [2.75, 3.05) is 18.4 Å². The number of likely N-dealkylation sites (tertiary alicyclic amines) is 1. The molecule has 2 aliphatic heterocycles. The van der Waals surface area contributed by atoms with Gasteiger partial charge in [0.05, 0.1) is 16.8 Å². The molecule has 7 heteroatoms. The van der Waals surface area contributed by atoms with Crippen LogP contribution >= 0.6 is 0 Å². The molecule has 5 rings (SSSR count). The van der Waals surface area contributed by atoms with Crippen molar-refractivity contribution < 1.29 is 14.3 Å². The smallest absolute Gasteiger partial charge is 0.419 e. The second-order valence-electron chi connectivity index (χ2n) is 11.6. The van der Waals surface area contributed by atoms with Crippen molar-refractivity contribution in [1.82, 2.24) is 14.8 Å². The SMILES string of the molecule is CC(C)Nc1cc2c(c(-c3cc4cc(CN5CCCCC5)ccc4n3C(=O)OC(C)(C)C)c1)C(=O)NC2. The number of carbonyl (C=O) groups excluding carboxylic acids is 2. The lowest BCUT2D eigenvalue weighted by molar-refractivity contribution is 0.0547. The number of carbonyl (C=O) groups is 2. The number of nitrogens with one attached hydrogen (secondary N) is 2. The minimum Gasteiger partial charge on any atom is -0.443 e. The first-order valence-electron chi connectivity index (χ1n) is 13.4. The fourth-order valence-electron chi connectivity index (χ4n) is 5.43. The lowest BCUT2D eigenvalue weighted by Gasteiger charge is -2.26. The normalized spacial score (nSPS) is 16.2. The first-order chi connectivity index (χ1) is 17.6. The summed E-state index contributed by atoms with van der Waals surface area (Å²) >= 11 is 0. The third-order valence-corrected chi connectivity index (χ3v) is 6.91. The Kier molecular flexibility index (Phi) is 6.75. The molecule has 1 amide bonds. The number of anilines is 1. The molecule has 2 aliphatic rings. The molecular formula is C30H38N4O3. The second-order valence-corrected chi connectivity index (χ2v) is 11.6. The van der Waals surface area contributed by atoms with Gasteiger partial charge in [-0.15, -0.1) is 0 Å². The van der Waals surface area contributed by atoms with E-state index in [9.17, 15) is 9.59 Å². The molecule has 1 saturated heterocycles. The molecule has 3 heterocycles. The van der Waals surface area contributed by atoms with Crippen LogP contribution in [0.5, 0.6) is 0 Å². The van der Waals surface area contributed by atoms with Gasteiger partial charge >= 0.3 is 6.09 Å². The van der Waals surface area contributed by atoms with Crippen molar-refractivity contribution in [2.45, 2.75) is 78.6 Å². The van der Waals surface area contributed by atoms with Crippen LogP contribution in [0.25, 0.3) is 22.2 Å². The van der Waals surface area contributed by atoms with E-state index in [1.807, 2.05) is 45.0 Å². The van der Waals surface area contributed by atoms with Gasteiger partial charge in [0, 0.05) is 35.8 Å². The van der Waals surface area contributed by atoms with Gasteiger partial charge in [-0.2, -0.15) is 0 Å². The summed E-state index contributed by atoms with van der Waals surface area (Å²) in [5, 5.41) is 7.38. The van der Waals surface area contributed by atoms with E-state index in [0.717, 1.165) is 47.4 Å². The number of ether oxygens (including phenoxy) is 1. The highest BCUT2D eigenvalue weighted by atomic mass is 16.6. The van der Waals surface area contributed by atoms with E-state index >= 15 is 0 Å². The third kappa shape index (κ3) is 5.37. The molecule has 0 spiro atoms. The van der Waals surface area contributed by atoms with Crippen molar-refractivity contribution in [2.24, 2.45) is 0 Å². The molecule has 0 bridgehead atoms. The molecule has 7 nitrogen and oxygen atoms in total. The van der Waals surface area contributed by atoms with E-state index in [1.165, 1.54) is 24.8 Å². The van der Waals surface area contributed by atoms with Crippen molar-refractivity contribution in [3.8, 4) is 11.3 Å². The summed E-state index contributed by atoms with van der Waals surface area (Å²) < 4.78 is 7.48. The van der Waals surface area contributed by atoms with Gasteiger partial charge in [-0.25, -0.2) is 9.36 Å². The van der Waals surface area contributed by atoms with Gasteiger partial charge in [-0.1, -0.05) is 12.5 Å². The molecular weight excluding hydrogens is 464 g/mol. The molecule has 0 radical (unpaired) electrons. The maximum absolute atomic E-state index is 13.6. The molecule has 196 valence electrons. The molecule has 3 aromatic rings. The second kappa shape index (κ2) is 9.86. The standard InChI is InChI=1S/C30H38N4O3/c1-19(2)32-23-14-22-17-31-28(35)27(22)24(16-23)26-15-21-13-20(18-33-11-7-6-8-12-33)9-10-25(21)34(26)29(36)37-30(3,4)5/h9-10,13-16,19,32H,6-8,11-12,17-18H2,1-5H3,(H,31,35). The number of piperidine rings is 1. The van der Waals surface area contributed by atoms with Crippen LogP contribution in [0, 0.1) is 0 Å². The van der Waals surface area contributed by atoms with Crippen LogP contribution in [0.3, 0.4) is 0 Å². The number of hydrogen-bond acceptors (Lipinski definition) is 5. The zero-order chi connectivity index (χ0) is 26.3. The van der Waals surface area contributed by atoms with Crippen LogP contribution in [0.2, 0.25) is 0 Å². The highest BCUT2D eigenvalue weighted by Gasteiger charge is 2.29. The Balaban J connectivity index is 1.66. The van der Waals surface area contributed by atoms with E-state index in [4.69, 9.17) is 4.74 Å². The van der Waals surface area contributed by atoms with Crippen molar-refractivity contribution in [3.63, 3.8) is 0 Å². The first-order valence-corrected chi connectivity index (χ1v) is 13.4. The molecule has 2 N–H and O–H groups in total. The van der Waals surface area contributed by atoms with Crippen LogP contribution in [-0.2, 0) is 17.8 Å². The minimum absolute atomic E-state index is 0.118. The zero-order valence-corrected chi connectivity index (χ0v) is 22.6. The monoisotopic (exact) mass is 502 g/mol. The lowest BCUT2D eigenvalue weighted by atomic mass is 9.98. The maximum Gasteiger partial charge on any atom is 0.419 e. The van der Waals surface area contributed by atoms with Gasteiger partial charge in [-0.05, 0) is 102 Å². The first kappa shape index (κ1) is 25.3. The number of rotatable bonds is 5. The van der Waals surface area contributed by atoms with Crippen molar-refractivity contribution in [3.05, 3.63) is 53.1 Å². The Morgan fingerprint density at radius 2 is 1.84 bits per heavy atom. The summed E-state index contributed by atoms with van der Waals surface area (Å²) in [7, 11) is 0. The molecule has 0 aliphatic carbocycles. The minimum atomic E-state index is -0.653. The highest BCUT2D eigenvalue weighted by Crippen LogP contribution is 2.37. The van der Waals surface area contributed by atoms with Gasteiger partial charge in [0.15, 0.2) is 0 Å². The van der Waals surface area contributed by atoms with Crippen molar-refractivity contribution in [1.29, 1.82) is 0 Å². The number of hydrogen-bond donors (Lipinski definition) is 2. The third-order valence-electron chi connectivity index (χ3n) is 6.91. The van der Waals surface area contributed by atoms with Crippen LogP contribution in [0.1, 0.15) is 75.4 Å². The molecule has 1 aromatic heterocycles. The van der Waals surface area contributed by atoms with E-state index in [1.54, 1.807) is 4.57 Å². The maximum atomic E-state index is 13.6. The summed E-state index contributed by atoms with van der Waals surface area (Å²) in [5.41, 5.74) is 5.22.